The molecule has 30 heavy (non-hydrogen) atoms. The molecule has 0 saturated carbocycles. The summed E-state index contributed by atoms with van der Waals surface area (Å²) in [5.41, 5.74) is 2.83. The number of hydrogen-bond acceptors (Lipinski definition) is 4. The summed E-state index contributed by atoms with van der Waals surface area (Å²) in [6.45, 7) is 2.46. The third-order valence-electron chi connectivity index (χ3n) is 5.53. The summed E-state index contributed by atoms with van der Waals surface area (Å²) in [5, 5.41) is 7.84. The maximum absolute atomic E-state index is 13.4. The van der Waals surface area contributed by atoms with Crippen molar-refractivity contribution in [3.63, 3.8) is 0 Å². The zero-order valence-electron chi connectivity index (χ0n) is 17.0. The Balaban J connectivity index is 2.03. The van der Waals surface area contributed by atoms with Gasteiger partial charge < -0.3 is 5.32 Å². The summed E-state index contributed by atoms with van der Waals surface area (Å²) in [5.74, 6) is -0.591. The minimum Gasteiger partial charge on any atom is -0.354 e. The van der Waals surface area contributed by atoms with Gasteiger partial charge in [-0.1, -0.05) is 6.92 Å². The zero-order valence-corrected chi connectivity index (χ0v) is 17.8. The lowest BCUT2D eigenvalue weighted by atomic mass is 9.94. The molecular formula is C21H23FN4O3S. The molecule has 158 valence electrons. The van der Waals surface area contributed by atoms with E-state index < -0.39 is 10.0 Å². The molecule has 0 spiro atoms. The maximum Gasteiger partial charge on any atom is 0.270 e. The quantitative estimate of drug-likeness (QED) is 0.692. The van der Waals surface area contributed by atoms with Gasteiger partial charge in [-0.2, -0.15) is 5.10 Å². The summed E-state index contributed by atoms with van der Waals surface area (Å²) in [6, 6.07) is 9.31. The normalized spacial score (nSPS) is 16.9. The van der Waals surface area contributed by atoms with Crippen molar-refractivity contribution < 1.29 is 17.6 Å². The number of hydrogen-bond donors (Lipinski definition) is 1. The number of benzene rings is 2. The van der Waals surface area contributed by atoms with Gasteiger partial charge in [-0.3, -0.25) is 9.10 Å². The van der Waals surface area contributed by atoms with Crippen LogP contribution in [0.2, 0.25) is 0 Å². The number of nitrogens with one attached hydrogen (secondary N) is 1. The SMILES string of the molecule is CNC(=O)c1c2cc3c(cc2nn1-c1ccc(F)cc1)N(S(C)(=O)=O)CCCC3C. The molecule has 1 aromatic heterocycles. The summed E-state index contributed by atoms with van der Waals surface area (Å²) in [4.78, 5) is 12.7. The van der Waals surface area contributed by atoms with Crippen LogP contribution in [-0.4, -0.2) is 44.0 Å². The molecule has 1 unspecified atom stereocenters. The van der Waals surface area contributed by atoms with Crippen LogP contribution >= 0.6 is 0 Å². The summed E-state index contributed by atoms with van der Waals surface area (Å²) in [7, 11) is -1.92. The Bertz CT molecular complexity index is 1240. The first-order valence-electron chi connectivity index (χ1n) is 9.73. The number of aromatic nitrogens is 2. The Morgan fingerprint density at radius 3 is 2.57 bits per heavy atom. The second kappa shape index (κ2) is 7.39. The van der Waals surface area contributed by atoms with Crippen molar-refractivity contribution in [3.05, 3.63) is 53.5 Å². The van der Waals surface area contributed by atoms with E-state index in [0.29, 0.717) is 34.5 Å². The van der Waals surface area contributed by atoms with Gasteiger partial charge in [0.2, 0.25) is 10.0 Å². The predicted molar refractivity (Wildman–Crippen MR) is 114 cm³/mol. The third-order valence-corrected chi connectivity index (χ3v) is 6.71. The van der Waals surface area contributed by atoms with Crippen LogP contribution in [0.1, 0.15) is 41.7 Å². The highest BCUT2D eigenvalue weighted by atomic mass is 32.2. The number of anilines is 1. The maximum atomic E-state index is 13.4. The fraction of sp³-hybridized carbons (Fsp3) is 0.333. The summed E-state index contributed by atoms with van der Waals surface area (Å²) >= 11 is 0. The number of rotatable bonds is 3. The lowest BCUT2D eigenvalue weighted by Crippen LogP contribution is -2.30. The first-order valence-corrected chi connectivity index (χ1v) is 11.6. The molecule has 2 heterocycles. The topological polar surface area (TPSA) is 84.3 Å². The van der Waals surface area contributed by atoms with Crippen LogP contribution in [0.15, 0.2) is 36.4 Å². The molecule has 7 nitrogen and oxygen atoms in total. The molecule has 3 aromatic rings. The Hall–Kier alpha value is -2.94. The van der Waals surface area contributed by atoms with Crippen molar-refractivity contribution in [2.24, 2.45) is 0 Å². The molecule has 1 amide bonds. The van der Waals surface area contributed by atoms with Crippen molar-refractivity contribution >= 4 is 32.5 Å². The van der Waals surface area contributed by atoms with Crippen LogP contribution in [0.5, 0.6) is 0 Å². The fourth-order valence-electron chi connectivity index (χ4n) is 4.02. The molecule has 1 N–H and O–H groups in total. The zero-order chi connectivity index (χ0) is 21.6. The number of amides is 1. The van der Waals surface area contributed by atoms with Gasteiger partial charge in [0.1, 0.15) is 11.5 Å². The first-order chi connectivity index (χ1) is 14.2. The molecule has 0 saturated heterocycles. The van der Waals surface area contributed by atoms with Gasteiger partial charge in [0.05, 0.1) is 23.1 Å². The molecule has 0 fully saturated rings. The van der Waals surface area contributed by atoms with Crippen molar-refractivity contribution in [2.75, 3.05) is 24.2 Å². The number of carbonyl (C=O) groups excluding carboxylic acids is 1. The van der Waals surface area contributed by atoms with Gasteiger partial charge in [0.15, 0.2) is 0 Å². The molecule has 0 aliphatic carbocycles. The molecule has 1 atom stereocenters. The van der Waals surface area contributed by atoms with Gasteiger partial charge in [0, 0.05) is 19.0 Å². The molecule has 0 bridgehead atoms. The van der Waals surface area contributed by atoms with Crippen molar-refractivity contribution in [1.29, 1.82) is 0 Å². The predicted octanol–water partition coefficient (Wildman–Crippen LogP) is 3.19. The number of nitrogens with zero attached hydrogens (tertiary/aromatic N) is 3. The van der Waals surface area contributed by atoms with Gasteiger partial charge in [-0.15, -0.1) is 0 Å². The number of carbonyl (C=O) groups is 1. The average molecular weight is 431 g/mol. The van der Waals surface area contributed by atoms with E-state index in [0.717, 1.165) is 18.4 Å². The van der Waals surface area contributed by atoms with Gasteiger partial charge in [-0.25, -0.2) is 17.5 Å². The standard InChI is InChI=1S/C21H23FN4O3S/c1-13-5-4-10-25(30(3,28)29)19-12-18-17(11-16(13)19)20(21(27)23-2)26(24-18)15-8-6-14(22)7-9-15/h6-9,11-13H,4-5,10H2,1-3H3,(H,23,27). The van der Waals surface area contributed by atoms with Gasteiger partial charge in [0.25, 0.3) is 5.91 Å². The number of sulfonamides is 1. The second-order valence-corrected chi connectivity index (χ2v) is 9.53. The van der Waals surface area contributed by atoms with E-state index in [4.69, 9.17) is 0 Å². The van der Waals surface area contributed by atoms with Crippen LogP contribution < -0.4 is 9.62 Å². The monoisotopic (exact) mass is 430 g/mol. The molecule has 1 aliphatic rings. The van der Waals surface area contributed by atoms with Crippen LogP contribution in [-0.2, 0) is 10.0 Å². The number of halogens is 1. The molecule has 0 radical (unpaired) electrons. The Kier molecular flexibility index (Phi) is 5.01. The molecule has 4 rings (SSSR count). The molecule has 9 heteroatoms. The highest BCUT2D eigenvalue weighted by Gasteiger charge is 2.29. The largest absolute Gasteiger partial charge is 0.354 e. The third kappa shape index (κ3) is 3.43. The van der Waals surface area contributed by atoms with E-state index in [1.54, 1.807) is 18.2 Å². The minimum atomic E-state index is -3.46. The average Bonchev–Trinajstić information content (AvgIpc) is 2.98. The van der Waals surface area contributed by atoms with E-state index in [2.05, 4.69) is 17.3 Å². The first kappa shape index (κ1) is 20.3. The van der Waals surface area contributed by atoms with Crippen LogP contribution in [0.25, 0.3) is 16.6 Å². The lowest BCUT2D eigenvalue weighted by Gasteiger charge is -2.23. The van der Waals surface area contributed by atoms with Crippen molar-refractivity contribution in [1.82, 2.24) is 15.1 Å². The Morgan fingerprint density at radius 1 is 1.23 bits per heavy atom. The highest BCUT2D eigenvalue weighted by molar-refractivity contribution is 7.92. The van der Waals surface area contributed by atoms with Gasteiger partial charge in [-0.05, 0) is 60.7 Å². The smallest absolute Gasteiger partial charge is 0.270 e. The van der Waals surface area contributed by atoms with Crippen LogP contribution in [0, 0.1) is 5.82 Å². The molecular weight excluding hydrogens is 407 g/mol. The van der Waals surface area contributed by atoms with Gasteiger partial charge >= 0.3 is 0 Å². The fourth-order valence-corrected chi connectivity index (χ4v) is 4.99. The molecule has 2 aromatic carbocycles. The minimum absolute atomic E-state index is 0.128. The van der Waals surface area contributed by atoms with Crippen LogP contribution in [0.3, 0.4) is 0 Å². The summed E-state index contributed by atoms with van der Waals surface area (Å²) in [6.07, 6.45) is 2.79. The Morgan fingerprint density at radius 2 is 1.93 bits per heavy atom. The number of fused-ring (bicyclic) bond motifs is 2. The van der Waals surface area contributed by atoms with Crippen LogP contribution in [0.4, 0.5) is 10.1 Å². The summed E-state index contributed by atoms with van der Waals surface area (Å²) < 4.78 is 41.1. The highest BCUT2D eigenvalue weighted by Crippen LogP contribution is 2.39. The lowest BCUT2D eigenvalue weighted by molar-refractivity contribution is 0.0957. The van der Waals surface area contributed by atoms with E-state index in [1.807, 2.05) is 6.07 Å². The van der Waals surface area contributed by atoms with E-state index in [9.17, 15) is 17.6 Å². The van der Waals surface area contributed by atoms with E-state index >= 15 is 0 Å². The van der Waals surface area contributed by atoms with Crippen molar-refractivity contribution in [3.8, 4) is 5.69 Å². The van der Waals surface area contributed by atoms with Crippen molar-refractivity contribution in [2.45, 2.75) is 25.7 Å². The van der Waals surface area contributed by atoms with E-state index in [-0.39, 0.29) is 17.6 Å². The second-order valence-electron chi connectivity index (χ2n) is 7.62. The van der Waals surface area contributed by atoms with E-state index in [1.165, 1.54) is 34.4 Å². The molecule has 1 aliphatic heterocycles. The Labute approximate surface area is 174 Å².